The monoisotopic (exact) mass is 428 g/mol. The first-order valence-electron chi connectivity index (χ1n) is 13.1. The fraction of sp³-hybridized carbons (Fsp3) is 0.962. The molecule has 0 amide bonds. The molecule has 1 N–H and O–H groups in total. The number of rotatable bonds is 24. The minimum Gasteiger partial charge on any atom is -0.457 e. The lowest BCUT2D eigenvalue weighted by molar-refractivity contribution is -0.154. The van der Waals surface area contributed by atoms with Crippen LogP contribution in [0, 0.1) is 0 Å². The van der Waals surface area contributed by atoms with Crippen LogP contribution >= 0.6 is 0 Å². The number of hydrogen-bond acceptors (Lipinski definition) is 4. The average Bonchev–Trinajstić information content (AvgIpc) is 2.75. The Bertz CT molecular complexity index is 346. The summed E-state index contributed by atoms with van der Waals surface area (Å²) in [5.41, 5.74) is 0. The van der Waals surface area contributed by atoms with Gasteiger partial charge in [-0.3, -0.25) is 4.79 Å². The number of unbranched alkanes of at least 4 members (excludes halogenated alkanes) is 16. The molecular weight excluding hydrogens is 376 g/mol. The molecule has 0 aromatic rings. The molecule has 0 rings (SSSR count). The lowest BCUT2D eigenvalue weighted by Crippen LogP contribution is -2.27. The lowest BCUT2D eigenvalue weighted by Gasteiger charge is -2.16. The Kier molecular flexibility index (Phi) is 24.2. The van der Waals surface area contributed by atoms with Crippen molar-refractivity contribution in [2.75, 3.05) is 19.8 Å². The van der Waals surface area contributed by atoms with Gasteiger partial charge in [-0.15, -0.1) is 0 Å². The van der Waals surface area contributed by atoms with Gasteiger partial charge in [-0.05, 0) is 12.8 Å². The molecule has 4 heteroatoms. The molecule has 0 saturated carbocycles. The van der Waals surface area contributed by atoms with Gasteiger partial charge in [0.25, 0.3) is 0 Å². The van der Waals surface area contributed by atoms with Crippen molar-refractivity contribution >= 4 is 5.97 Å². The molecule has 0 aromatic heterocycles. The van der Waals surface area contributed by atoms with Gasteiger partial charge < -0.3 is 14.6 Å². The Morgan fingerprint density at radius 3 is 1.57 bits per heavy atom. The first kappa shape index (κ1) is 29.4. The predicted molar refractivity (Wildman–Crippen MR) is 127 cm³/mol. The molecule has 0 radical (unpaired) electrons. The Morgan fingerprint density at radius 2 is 1.10 bits per heavy atom. The van der Waals surface area contributed by atoms with Crippen LogP contribution in [-0.2, 0) is 14.3 Å². The molecule has 30 heavy (non-hydrogen) atoms. The van der Waals surface area contributed by atoms with E-state index >= 15 is 0 Å². The summed E-state index contributed by atoms with van der Waals surface area (Å²) in [5.74, 6) is -0.204. The summed E-state index contributed by atoms with van der Waals surface area (Å²) in [6, 6.07) is 0. The second kappa shape index (κ2) is 24.7. The summed E-state index contributed by atoms with van der Waals surface area (Å²) in [6.45, 7) is 5.31. The summed E-state index contributed by atoms with van der Waals surface area (Å²) in [7, 11) is 0. The summed E-state index contributed by atoms with van der Waals surface area (Å²) >= 11 is 0. The highest BCUT2D eigenvalue weighted by Gasteiger charge is 2.13. The number of ether oxygens (including phenoxy) is 2. The van der Waals surface area contributed by atoms with Crippen LogP contribution in [0.1, 0.15) is 136 Å². The van der Waals surface area contributed by atoms with Crippen LogP contribution in [0.25, 0.3) is 0 Å². The third-order valence-electron chi connectivity index (χ3n) is 5.68. The first-order valence-corrected chi connectivity index (χ1v) is 13.1. The molecule has 0 aliphatic rings. The zero-order valence-corrected chi connectivity index (χ0v) is 20.3. The van der Waals surface area contributed by atoms with Gasteiger partial charge in [0.2, 0.25) is 0 Å². The van der Waals surface area contributed by atoms with Gasteiger partial charge in [-0.1, -0.05) is 117 Å². The average molecular weight is 429 g/mol. The molecular formula is C26H52O4. The van der Waals surface area contributed by atoms with Crippen LogP contribution in [0.15, 0.2) is 0 Å². The largest absolute Gasteiger partial charge is 0.457 e. The van der Waals surface area contributed by atoms with Gasteiger partial charge in [-0.25, -0.2) is 0 Å². The molecule has 1 atom stereocenters. The number of aliphatic hydroxyl groups is 1. The normalized spacial score (nSPS) is 12.2. The topological polar surface area (TPSA) is 55.8 Å². The molecule has 0 heterocycles. The number of esters is 1. The summed E-state index contributed by atoms with van der Waals surface area (Å²) < 4.78 is 11.0. The van der Waals surface area contributed by atoms with E-state index in [2.05, 4.69) is 13.8 Å². The number of carbonyl (C=O) groups is 1. The molecule has 1 unspecified atom stereocenters. The van der Waals surface area contributed by atoms with Crippen LogP contribution in [0.3, 0.4) is 0 Å². The highest BCUT2D eigenvalue weighted by Crippen LogP contribution is 2.12. The van der Waals surface area contributed by atoms with Crippen LogP contribution < -0.4 is 0 Å². The summed E-state index contributed by atoms with van der Waals surface area (Å²) in [4.78, 5) is 11.9. The Morgan fingerprint density at radius 1 is 0.667 bits per heavy atom. The van der Waals surface area contributed by atoms with Crippen molar-refractivity contribution in [2.45, 2.75) is 142 Å². The number of aliphatic hydroxyl groups excluding tert-OH is 1. The van der Waals surface area contributed by atoms with Crippen molar-refractivity contribution in [3.05, 3.63) is 0 Å². The second-order valence-electron chi connectivity index (χ2n) is 8.78. The van der Waals surface area contributed by atoms with Gasteiger partial charge in [0, 0.05) is 13.0 Å². The quantitative estimate of drug-likeness (QED) is 0.129. The summed E-state index contributed by atoms with van der Waals surface area (Å²) in [6.07, 6.45) is 22.6. The maximum atomic E-state index is 11.9. The maximum Gasteiger partial charge on any atom is 0.306 e. The lowest BCUT2D eigenvalue weighted by atomic mass is 10.1. The van der Waals surface area contributed by atoms with Crippen molar-refractivity contribution in [3.8, 4) is 0 Å². The van der Waals surface area contributed by atoms with E-state index in [0.717, 1.165) is 19.3 Å². The molecule has 0 aromatic carbocycles. The van der Waals surface area contributed by atoms with Gasteiger partial charge in [-0.2, -0.15) is 0 Å². The van der Waals surface area contributed by atoms with Crippen molar-refractivity contribution < 1.29 is 19.4 Å². The first-order chi connectivity index (χ1) is 14.7. The minimum atomic E-state index is -0.519. The Labute approximate surface area is 187 Å². The molecule has 0 aliphatic carbocycles. The van der Waals surface area contributed by atoms with E-state index in [1.165, 1.54) is 96.3 Å². The smallest absolute Gasteiger partial charge is 0.306 e. The zero-order chi connectivity index (χ0) is 22.1. The van der Waals surface area contributed by atoms with Gasteiger partial charge in [0.15, 0.2) is 0 Å². The molecule has 0 aliphatic heterocycles. The van der Waals surface area contributed by atoms with Crippen LogP contribution in [0.4, 0.5) is 0 Å². The van der Waals surface area contributed by atoms with Crippen molar-refractivity contribution in [2.24, 2.45) is 0 Å². The molecule has 0 bridgehead atoms. The van der Waals surface area contributed by atoms with E-state index in [1.54, 1.807) is 0 Å². The van der Waals surface area contributed by atoms with Gasteiger partial charge >= 0.3 is 5.97 Å². The highest BCUT2D eigenvalue weighted by molar-refractivity contribution is 5.69. The SMILES string of the molecule is CCCCCCCCCCCCC(=O)OC(CO)COCCCCCCCCCC. The standard InChI is InChI=1S/C26H52O4/c1-3-5-7-9-11-13-14-15-17-19-21-26(28)30-25(23-27)24-29-22-20-18-16-12-10-8-6-4-2/h25,27H,3-24H2,1-2H3. The molecule has 180 valence electrons. The van der Waals surface area contributed by atoms with Gasteiger partial charge in [0.05, 0.1) is 13.2 Å². The summed E-state index contributed by atoms with van der Waals surface area (Å²) in [5, 5.41) is 9.41. The molecule has 0 spiro atoms. The van der Waals surface area contributed by atoms with Crippen LogP contribution in [-0.4, -0.2) is 37.0 Å². The maximum absolute atomic E-state index is 11.9. The van der Waals surface area contributed by atoms with Crippen molar-refractivity contribution in [1.29, 1.82) is 0 Å². The molecule has 4 nitrogen and oxygen atoms in total. The highest BCUT2D eigenvalue weighted by atomic mass is 16.6. The number of carbonyl (C=O) groups excluding carboxylic acids is 1. The van der Waals surface area contributed by atoms with E-state index in [1.807, 2.05) is 0 Å². The van der Waals surface area contributed by atoms with E-state index in [-0.39, 0.29) is 12.6 Å². The third kappa shape index (κ3) is 22.1. The second-order valence-corrected chi connectivity index (χ2v) is 8.78. The van der Waals surface area contributed by atoms with E-state index < -0.39 is 6.10 Å². The fourth-order valence-electron chi connectivity index (χ4n) is 3.68. The Balaban J connectivity index is 3.45. The zero-order valence-electron chi connectivity index (χ0n) is 20.3. The van der Waals surface area contributed by atoms with Crippen LogP contribution in [0.2, 0.25) is 0 Å². The molecule has 0 fully saturated rings. The minimum absolute atomic E-state index is 0.165. The Hall–Kier alpha value is -0.610. The molecule has 0 saturated heterocycles. The third-order valence-corrected chi connectivity index (χ3v) is 5.68. The van der Waals surface area contributed by atoms with Crippen LogP contribution in [0.5, 0.6) is 0 Å². The fourth-order valence-corrected chi connectivity index (χ4v) is 3.68. The van der Waals surface area contributed by atoms with Crippen molar-refractivity contribution in [3.63, 3.8) is 0 Å². The predicted octanol–water partition coefficient (Wildman–Crippen LogP) is 7.36. The van der Waals surface area contributed by atoms with Gasteiger partial charge in [0.1, 0.15) is 6.10 Å². The van der Waals surface area contributed by atoms with E-state index in [9.17, 15) is 9.90 Å². The van der Waals surface area contributed by atoms with E-state index in [4.69, 9.17) is 9.47 Å². The number of hydrogen-bond donors (Lipinski definition) is 1. The van der Waals surface area contributed by atoms with E-state index in [0.29, 0.717) is 19.6 Å². The van der Waals surface area contributed by atoms with Crippen molar-refractivity contribution in [1.82, 2.24) is 0 Å².